The number of carbonyl (C=O) groups excluding carboxylic acids is 3. The van der Waals surface area contributed by atoms with Crippen molar-refractivity contribution < 1.29 is 19.3 Å². The maximum absolute atomic E-state index is 12.4. The topological polar surface area (TPSA) is 135 Å². The highest BCUT2D eigenvalue weighted by molar-refractivity contribution is 7.15. The van der Waals surface area contributed by atoms with E-state index >= 15 is 0 Å². The van der Waals surface area contributed by atoms with Crippen molar-refractivity contribution in [1.29, 1.82) is 0 Å². The number of imide groups is 1. The zero-order chi connectivity index (χ0) is 21.4. The van der Waals surface area contributed by atoms with Gasteiger partial charge >= 0.3 is 0 Å². The molecule has 2 heterocycles. The average molecular weight is 423 g/mol. The number of nitrogens with one attached hydrogen (secondary N) is 1. The molecule has 11 heteroatoms. The molecule has 0 aliphatic carbocycles. The van der Waals surface area contributed by atoms with Crippen LogP contribution in [0.15, 0.2) is 42.5 Å². The van der Waals surface area contributed by atoms with Crippen molar-refractivity contribution in [2.75, 3.05) is 5.32 Å². The van der Waals surface area contributed by atoms with E-state index in [0.717, 1.165) is 16.2 Å². The SMILES string of the molecule is Cc1cc(C(=O)Nc2nnc(CN3C(=O)c4ccccc4C3=O)s2)ccc1[N+](=O)[O-]. The third-order valence-electron chi connectivity index (χ3n) is 4.51. The second kappa shape index (κ2) is 7.44. The molecule has 0 radical (unpaired) electrons. The number of aromatic nitrogens is 2. The lowest BCUT2D eigenvalue weighted by atomic mass is 10.1. The van der Waals surface area contributed by atoms with Crippen LogP contribution in [0.25, 0.3) is 0 Å². The summed E-state index contributed by atoms with van der Waals surface area (Å²) in [6.45, 7) is 1.48. The summed E-state index contributed by atoms with van der Waals surface area (Å²) in [6, 6.07) is 10.6. The van der Waals surface area contributed by atoms with E-state index in [-0.39, 0.29) is 22.9 Å². The lowest BCUT2D eigenvalue weighted by Crippen LogP contribution is -2.29. The minimum Gasteiger partial charge on any atom is -0.296 e. The smallest absolute Gasteiger partial charge is 0.272 e. The quantitative estimate of drug-likeness (QED) is 0.379. The summed E-state index contributed by atoms with van der Waals surface area (Å²) in [5, 5.41) is 21.8. The van der Waals surface area contributed by atoms with Gasteiger partial charge in [-0.25, -0.2) is 0 Å². The molecule has 0 saturated carbocycles. The predicted octanol–water partition coefficient (Wildman–Crippen LogP) is 2.80. The van der Waals surface area contributed by atoms with E-state index in [4.69, 9.17) is 0 Å². The van der Waals surface area contributed by atoms with Gasteiger partial charge in [0.15, 0.2) is 0 Å². The number of hydrogen-bond acceptors (Lipinski definition) is 8. The molecule has 30 heavy (non-hydrogen) atoms. The first-order valence-electron chi connectivity index (χ1n) is 8.69. The van der Waals surface area contributed by atoms with E-state index in [1.165, 1.54) is 18.2 Å². The summed E-state index contributed by atoms with van der Waals surface area (Å²) in [5.41, 5.74) is 1.19. The zero-order valence-corrected chi connectivity index (χ0v) is 16.3. The fourth-order valence-corrected chi connectivity index (χ4v) is 3.78. The Balaban J connectivity index is 1.46. The zero-order valence-electron chi connectivity index (χ0n) is 15.5. The lowest BCUT2D eigenvalue weighted by molar-refractivity contribution is -0.385. The minimum absolute atomic E-state index is 0.0590. The molecule has 0 spiro atoms. The molecule has 0 atom stereocenters. The van der Waals surface area contributed by atoms with Gasteiger partial charge in [-0.15, -0.1) is 10.2 Å². The second-order valence-electron chi connectivity index (χ2n) is 6.46. The number of carbonyl (C=O) groups is 3. The van der Waals surface area contributed by atoms with Gasteiger partial charge in [-0.1, -0.05) is 23.5 Å². The van der Waals surface area contributed by atoms with Crippen molar-refractivity contribution in [2.45, 2.75) is 13.5 Å². The number of hydrogen-bond donors (Lipinski definition) is 1. The van der Waals surface area contributed by atoms with Crippen LogP contribution in [0.3, 0.4) is 0 Å². The molecule has 3 amide bonds. The predicted molar refractivity (Wildman–Crippen MR) is 106 cm³/mol. The van der Waals surface area contributed by atoms with Gasteiger partial charge in [-0.2, -0.15) is 0 Å². The fraction of sp³-hybridized carbons (Fsp3) is 0.105. The fourth-order valence-electron chi connectivity index (χ4n) is 3.06. The van der Waals surface area contributed by atoms with Gasteiger partial charge in [0.1, 0.15) is 5.01 Å². The van der Waals surface area contributed by atoms with E-state index in [1.807, 2.05) is 0 Å². The highest BCUT2D eigenvalue weighted by Crippen LogP contribution is 2.26. The molecule has 0 fully saturated rings. The van der Waals surface area contributed by atoms with E-state index in [0.29, 0.717) is 21.7 Å². The van der Waals surface area contributed by atoms with Crippen molar-refractivity contribution in [3.63, 3.8) is 0 Å². The summed E-state index contributed by atoms with van der Waals surface area (Å²) < 4.78 is 0. The molecule has 0 bridgehead atoms. The number of anilines is 1. The molecular formula is C19H13N5O5S. The molecule has 2 aromatic carbocycles. The molecule has 0 saturated heterocycles. The molecule has 10 nitrogen and oxygen atoms in total. The van der Waals surface area contributed by atoms with Crippen LogP contribution in [0.5, 0.6) is 0 Å². The molecule has 150 valence electrons. The Bertz CT molecular complexity index is 1190. The first kappa shape index (κ1) is 19.3. The van der Waals surface area contributed by atoms with E-state index in [1.54, 1.807) is 31.2 Å². The van der Waals surface area contributed by atoms with E-state index < -0.39 is 22.6 Å². The number of nitrogens with zero attached hydrogens (tertiary/aromatic N) is 4. The Morgan fingerprint density at radius 1 is 1.13 bits per heavy atom. The van der Waals surface area contributed by atoms with Crippen molar-refractivity contribution >= 4 is 39.9 Å². The van der Waals surface area contributed by atoms with Gasteiger partial charge in [-0.05, 0) is 31.2 Å². The van der Waals surface area contributed by atoms with Crippen LogP contribution in [0, 0.1) is 17.0 Å². The van der Waals surface area contributed by atoms with Gasteiger partial charge < -0.3 is 0 Å². The Kier molecular flexibility index (Phi) is 4.80. The van der Waals surface area contributed by atoms with Crippen LogP contribution in [0.2, 0.25) is 0 Å². The summed E-state index contributed by atoms with van der Waals surface area (Å²) in [5.74, 6) is -1.31. The third kappa shape index (κ3) is 3.42. The normalized spacial score (nSPS) is 12.8. The first-order valence-corrected chi connectivity index (χ1v) is 9.51. The number of benzene rings is 2. The molecule has 0 unspecified atom stereocenters. The number of fused-ring (bicyclic) bond motifs is 1. The van der Waals surface area contributed by atoms with Crippen LogP contribution in [-0.4, -0.2) is 37.7 Å². The number of amides is 3. The lowest BCUT2D eigenvalue weighted by Gasteiger charge is -2.10. The standard InChI is InChI=1S/C19H13N5O5S/c1-10-8-11(6-7-14(10)24(28)29)16(25)20-19-22-21-15(30-19)9-23-17(26)12-4-2-3-5-13(12)18(23)27/h2-8H,9H2,1H3,(H,20,22,25). The van der Waals surface area contributed by atoms with Crippen LogP contribution in [0.4, 0.5) is 10.8 Å². The van der Waals surface area contributed by atoms with Gasteiger partial charge in [-0.3, -0.25) is 34.7 Å². The van der Waals surface area contributed by atoms with E-state index in [9.17, 15) is 24.5 Å². The number of nitro benzene ring substituents is 1. The molecule has 1 aliphatic heterocycles. The molecule has 1 N–H and O–H groups in total. The van der Waals surface area contributed by atoms with E-state index in [2.05, 4.69) is 15.5 Å². The monoisotopic (exact) mass is 423 g/mol. The number of rotatable bonds is 5. The van der Waals surface area contributed by atoms with Crippen molar-refractivity contribution in [3.8, 4) is 0 Å². The molecular weight excluding hydrogens is 410 g/mol. The summed E-state index contributed by atoms with van der Waals surface area (Å²) in [6.07, 6.45) is 0. The van der Waals surface area contributed by atoms with Crippen molar-refractivity contribution in [3.05, 3.63) is 79.8 Å². The van der Waals surface area contributed by atoms with Crippen LogP contribution in [0.1, 0.15) is 41.6 Å². The highest BCUT2D eigenvalue weighted by atomic mass is 32.1. The van der Waals surface area contributed by atoms with Crippen LogP contribution >= 0.6 is 11.3 Å². The number of aryl methyl sites for hydroxylation is 1. The van der Waals surface area contributed by atoms with Crippen LogP contribution < -0.4 is 5.32 Å². The van der Waals surface area contributed by atoms with Gasteiger partial charge in [0.05, 0.1) is 22.6 Å². The summed E-state index contributed by atoms with van der Waals surface area (Å²) in [4.78, 5) is 48.7. The minimum atomic E-state index is -0.521. The Morgan fingerprint density at radius 3 is 2.40 bits per heavy atom. The van der Waals surface area contributed by atoms with Crippen molar-refractivity contribution in [2.24, 2.45) is 0 Å². The summed E-state index contributed by atoms with van der Waals surface area (Å²) >= 11 is 1.03. The summed E-state index contributed by atoms with van der Waals surface area (Å²) in [7, 11) is 0. The van der Waals surface area contributed by atoms with Crippen molar-refractivity contribution in [1.82, 2.24) is 15.1 Å². The Labute approximate surface area is 173 Å². The van der Waals surface area contributed by atoms with Gasteiger partial charge in [0, 0.05) is 17.2 Å². The van der Waals surface area contributed by atoms with Gasteiger partial charge in [0.2, 0.25) is 5.13 Å². The maximum atomic E-state index is 12.4. The molecule has 1 aliphatic rings. The average Bonchev–Trinajstić information content (AvgIpc) is 3.26. The number of nitro groups is 1. The van der Waals surface area contributed by atoms with Gasteiger partial charge in [0.25, 0.3) is 23.4 Å². The molecule has 3 aromatic rings. The van der Waals surface area contributed by atoms with Crippen LogP contribution in [-0.2, 0) is 6.54 Å². The Hall–Kier alpha value is -3.99. The second-order valence-corrected chi connectivity index (χ2v) is 7.52. The molecule has 1 aromatic heterocycles. The highest BCUT2D eigenvalue weighted by Gasteiger charge is 2.35. The Morgan fingerprint density at radius 2 is 1.80 bits per heavy atom. The molecule has 4 rings (SSSR count). The largest absolute Gasteiger partial charge is 0.296 e. The third-order valence-corrected chi connectivity index (χ3v) is 5.34. The first-order chi connectivity index (χ1) is 14.3. The maximum Gasteiger partial charge on any atom is 0.272 e.